The minimum atomic E-state index is -0.459. The topological polar surface area (TPSA) is 64.6 Å². The number of amides is 1. The molecule has 0 aliphatic rings. The monoisotopic (exact) mass is 343 g/mol. The lowest BCUT2D eigenvalue weighted by Gasteiger charge is -2.12. The highest BCUT2D eigenvalue weighted by atomic mass is 79.9. The molecule has 110 valence electrons. The number of carbonyl (C=O) groups is 2. The smallest absolute Gasteiger partial charge is 0.325 e. The lowest BCUT2D eigenvalue weighted by atomic mass is 10.2. The van der Waals surface area contributed by atoms with Gasteiger partial charge in [-0.1, -0.05) is 0 Å². The lowest BCUT2D eigenvalue weighted by Crippen LogP contribution is -2.30. The van der Waals surface area contributed by atoms with Crippen LogP contribution >= 0.6 is 15.9 Å². The normalized spacial score (nSPS) is 10.2. The lowest BCUT2D eigenvalue weighted by molar-refractivity contribution is -0.141. The number of hydrogen-bond donors (Lipinski definition) is 1. The van der Waals surface area contributed by atoms with E-state index in [0.29, 0.717) is 22.4 Å². The molecule has 0 heterocycles. The number of ether oxygens (including phenoxy) is 2. The first-order chi connectivity index (χ1) is 9.43. The average molecular weight is 344 g/mol. The van der Waals surface area contributed by atoms with Crippen molar-refractivity contribution in [3.63, 3.8) is 0 Å². The molecule has 1 amide bonds. The Hall–Kier alpha value is -1.56. The highest BCUT2D eigenvalue weighted by Gasteiger charge is 2.11. The van der Waals surface area contributed by atoms with Crippen molar-refractivity contribution >= 4 is 27.8 Å². The maximum absolute atomic E-state index is 11.9. The molecule has 0 saturated heterocycles. The van der Waals surface area contributed by atoms with E-state index in [9.17, 15) is 9.59 Å². The number of rotatable bonds is 6. The molecule has 0 bridgehead atoms. The maximum Gasteiger partial charge on any atom is 0.325 e. The molecule has 0 aromatic heterocycles. The summed E-state index contributed by atoms with van der Waals surface area (Å²) in [6, 6.07) is 5.00. The van der Waals surface area contributed by atoms with Crippen LogP contribution in [0.4, 0.5) is 0 Å². The van der Waals surface area contributed by atoms with E-state index in [-0.39, 0.29) is 18.6 Å². The van der Waals surface area contributed by atoms with E-state index in [1.54, 1.807) is 25.1 Å². The zero-order valence-electron chi connectivity index (χ0n) is 11.7. The van der Waals surface area contributed by atoms with Gasteiger partial charge in [0.15, 0.2) is 0 Å². The Labute approximate surface area is 126 Å². The van der Waals surface area contributed by atoms with Gasteiger partial charge in [0, 0.05) is 5.56 Å². The first kappa shape index (κ1) is 16.5. The van der Waals surface area contributed by atoms with E-state index >= 15 is 0 Å². The van der Waals surface area contributed by atoms with E-state index in [1.165, 1.54) is 0 Å². The number of benzene rings is 1. The van der Waals surface area contributed by atoms with Gasteiger partial charge in [-0.25, -0.2) is 0 Å². The number of carbonyl (C=O) groups excluding carboxylic acids is 2. The summed E-state index contributed by atoms with van der Waals surface area (Å²) in [5.41, 5.74) is 0.442. The van der Waals surface area contributed by atoms with E-state index in [4.69, 9.17) is 9.47 Å². The molecule has 0 radical (unpaired) electrons. The van der Waals surface area contributed by atoms with Crippen molar-refractivity contribution in [2.75, 3.05) is 13.2 Å². The van der Waals surface area contributed by atoms with Gasteiger partial charge in [-0.15, -0.1) is 0 Å². The number of esters is 1. The second-order valence-corrected chi connectivity index (χ2v) is 5.15. The largest absolute Gasteiger partial charge is 0.490 e. The van der Waals surface area contributed by atoms with E-state index in [0.717, 1.165) is 0 Å². The SMILES string of the molecule is CCOC(=O)CNC(=O)c1ccc(OC(C)C)c(Br)c1. The van der Waals surface area contributed by atoms with E-state index in [2.05, 4.69) is 21.2 Å². The van der Waals surface area contributed by atoms with Crippen LogP contribution in [-0.4, -0.2) is 31.1 Å². The van der Waals surface area contributed by atoms with Crippen molar-refractivity contribution in [2.45, 2.75) is 26.9 Å². The molecule has 1 rings (SSSR count). The molecule has 1 aromatic rings. The van der Waals surface area contributed by atoms with Crippen molar-refractivity contribution in [3.05, 3.63) is 28.2 Å². The van der Waals surface area contributed by atoms with E-state index < -0.39 is 5.97 Å². The summed E-state index contributed by atoms with van der Waals surface area (Å²) >= 11 is 3.35. The third-order valence-electron chi connectivity index (χ3n) is 2.26. The Morgan fingerprint density at radius 1 is 1.35 bits per heavy atom. The molecule has 1 aromatic carbocycles. The standard InChI is InChI=1S/C14H18BrNO4/c1-4-19-13(17)8-16-14(18)10-5-6-12(11(15)7-10)20-9(2)3/h5-7,9H,4,8H2,1-3H3,(H,16,18). The van der Waals surface area contributed by atoms with Crippen molar-refractivity contribution < 1.29 is 19.1 Å². The number of nitrogens with one attached hydrogen (secondary N) is 1. The highest BCUT2D eigenvalue weighted by Crippen LogP contribution is 2.26. The quantitative estimate of drug-likeness (QED) is 0.806. The van der Waals surface area contributed by atoms with Crippen LogP contribution in [0.5, 0.6) is 5.75 Å². The summed E-state index contributed by atoms with van der Waals surface area (Å²) in [6.45, 7) is 5.71. The second-order valence-electron chi connectivity index (χ2n) is 4.30. The highest BCUT2D eigenvalue weighted by molar-refractivity contribution is 9.10. The summed E-state index contributed by atoms with van der Waals surface area (Å²) in [6.07, 6.45) is 0.0507. The molecule has 5 nitrogen and oxygen atoms in total. The Balaban J connectivity index is 2.65. The van der Waals surface area contributed by atoms with Crippen LogP contribution in [-0.2, 0) is 9.53 Å². The zero-order chi connectivity index (χ0) is 15.1. The molecular weight excluding hydrogens is 326 g/mol. The summed E-state index contributed by atoms with van der Waals surface area (Å²) in [5, 5.41) is 2.50. The average Bonchev–Trinajstić information content (AvgIpc) is 2.38. The van der Waals surface area contributed by atoms with Gasteiger partial charge in [0.25, 0.3) is 5.91 Å². The fourth-order valence-electron chi connectivity index (χ4n) is 1.46. The van der Waals surface area contributed by atoms with Crippen LogP contribution in [0, 0.1) is 0 Å². The molecule has 0 fully saturated rings. The Kier molecular flexibility index (Phi) is 6.51. The third kappa shape index (κ3) is 5.21. The van der Waals surface area contributed by atoms with Gasteiger partial charge in [0.05, 0.1) is 17.2 Å². The molecule has 6 heteroatoms. The summed E-state index contributed by atoms with van der Waals surface area (Å²) in [5.74, 6) is -0.128. The molecule has 0 aliphatic carbocycles. The summed E-state index contributed by atoms with van der Waals surface area (Å²) < 4.78 is 11.0. The van der Waals surface area contributed by atoms with Crippen LogP contribution in [0.15, 0.2) is 22.7 Å². The number of halogens is 1. The molecule has 0 spiro atoms. The van der Waals surface area contributed by atoms with Crippen LogP contribution in [0.25, 0.3) is 0 Å². The minimum absolute atomic E-state index is 0.0507. The van der Waals surface area contributed by atoms with Gasteiger partial charge in [0.1, 0.15) is 12.3 Å². The molecule has 0 unspecified atom stereocenters. The van der Waals surface area contributed by atoms with Crippen LogP contribution < -0.4 is 10.1 Å². The van der Waals surface area contributed by atoms with Crippen LogP contribution in [0.2, 0.25) is 0 Å². The first-order valence-electron chi connectivity index (χ1n) is 6.34. The van der Waals surface area contributed by atoms with Gasteiger partial charge in [-0.3, -0.25) is 9.59 Å². The van der Waals surface area contributed by atoms with Crippen molar-refractivity contribution in [3.8, 4) is 5.75 Å². The van der Waals surface area contributed by atoms with Crippen LogP contribution in [0.1, 0.15) is 31.1 Å². The summed E-state index contributed by atoms with van der Waals surface area (Å²) in [7, 11) is 0. The van der Waals surface area contributed by atoms with Gasteiger partial charge in [-0.2, -0.15) is 0 Å². The van der Waals surface area contributed by atoms with Crippen molar-refractivity contribution in [1.82, 2.24) is 5.32 Å². The predicted octanol–water partition coefficient (Wildman–Crippen LogP) is 2.53. The molecule has 0 aliphatic heterocycles. The molecule has 0 atom stereocenters. The zero-order valence-corrected chi connectivity index (χ0v) is 13.3. The third-order valence-corrected chi connectivity index (χ3v) is 2.88. The molecule has 20 heavy (non-hydrogen) atoms. The second kappa shape index (κ2) is 7.89. The first-order valence-corrected chi connectivity index (χ1v) is 7.13. The van der Waals surface area contributed by atoms with Gasteiger partial charge in [-0.05, 0) is 54.9 Å². The Morgan fingerprint density at radius 3 is 2.60 bits per heavy atom. The molecular formula is C14H18BrNO4. The predicted molar refractivity (Wildman–Crippen MR) is 78.9 cm³/mol. The fourth-order valence-corrected chi connectivity index (χ4v) is 1.93. The van der Waals surface area contributed by atoms with Crippen molar-refractivity contribution in [2.24, 2.45) is 0 Å². The van der Waals surface area contributed by atoms with Gasteiger partial charge < -0.3 is 14.8 Å². The van der Waals surface area contributed by atoms with Gasteiger partial charge in [0.2, 0.25) is 0 Å². The Bertz CT molecular complexity index is 488. The molecule has 1 N–H and O–H groups in total. The Morgan fingerprint density at radius 2 is 2.05 bits per heavy atom. The minimum Gasteiger partial charge on any atom is -0.490 e. The van der Waals surface area contributed by atoms with Gasteiger partial charge >= 0.3 is 5.97 Å². The summed E-state index contributed by atoms with van der Waals surface area (Å²) in [4.78, 5) is 23.0. The maximum atomic E-state index is 11.9. The number of hydrogen-bond acceptors (Lipinski definition) is 4. The van der Waals surface area contributed by atoms with Crippen LogP contribution in [0.3, 0.4) is 0 Å². The fraction of sp³-hybridized carbons (Fsp3) is 0.429. The molecule has 0 saturated carbocycles. The van der Waals surface area contributed by atoms with Crippen molar-refractivity contribution in [1.29, 1.82) is 0 Å². The van der Waals surface area contributed by atoms with E-state index in [1.807, 2.05) is 13.8 Å².